The van der Waals surface area contributed by atoms with Gasteiger partial charge in [-0.3, -0.25) is 4.79 Å². The lowest BCUT2D eigenvalue weighted by molar-refractivity contribution is -0.120. The van der Waals surface area contributed by atoms with Crippen molar-refractivity contribution in [3.05, 3.63) is 11.8 Å². The fraction of sp³-hybridized carbons (Fsp3) is 0.700. The van der Waals surface area contributed by atoms with Crippen molar-refractivity contribution in [2.24, 2.45) is 0 Å². The molecule has 0 aromatic heterocycles. The third-order valence-electron chi connectivity index (χ3n) is 2.42. The van der Waals surface area contributed by atoms with Crippen LogP contribution in [0.4, 0.5) is 0 Å². The Balaban J connectivity index is 2.71. The highest BCUT2D eigenvalue weighted by atomic mass is 16.5. The molecule has 1 rings (SSSR count). The molecular weight excluding hydrogens is 166 g/mol. The quantitative estimate of drug-likeness (QED) is 0.715. The van der Waals surface area contributed by atoms with Crippen molar-refractivity contribution in [1.29, 1.82) is 0 Å². The molecule has 0 saturated carbocycles. The maximum absolute atomic E-state index is 11.8. The number of rotatable bonds is 3. The van der Waals surface area contributed by atoms with Crippen LogP contribution in [0.15, 0.2) is 11.8 Å². The van der Waals surface area contributed by atoms with Gasteiger partial charge in [-0.25, -0.2) is 0 Å². The lowest BCUT2D eigenvalue weighted by Gasteiger charge is -2.25. The third kappa shape index (κ3) is 2.31. The lowest BCUT2D eigenvalue weighted by Crippen LogP contribution is -2.45. The normalized spacial score (nSPS) is 17.6. The van der Waals surface area contributed by atoms with Gasteiger partial charge in [0.1, 0.15) is 0 Å². The van der Waals surface area contributed by atoms with E-state index in [-0.39, 0.29) is 5.78 Å². The van der Waals surface area contributed by atoms with Gasteiger partial charge in [-0.2, -0.15) is 0 Å². The Hall–Kier alpha value is -0.830. The molecule has 0 radical (unpaired) electrons. The van der Waals surface area contributed by atoms with Gasteiger partial charge >= 0.3 is 0 Å². The second kappa shape index (κ2) is 3.92. The second-order valence-corrected chi connectivity index (χ2v) is 3.82. The zero-order chi connectivity index (χ0) is 9.90. The van der Waals surface area contributed by atoms with Gasteiger partial charge in [-0.1, -0.05) is 0 Å². The van der Waals surface area contributed by atoms with E-state index < -0.39 is 5.54 Å². The van der Waals surface area contributed by atoms with Crippen molar-refractivity contribution < 1.29 is 9.53 Å². The Morgan fingerprint density at radius 2 is 2.31 bits per heavy atom. The van der Waals surface area contributed by atoms with E-state index in [0.717, 1.165) is 25.0 Å². The maximum Gasteiger partial charge on any atom is 0.181 e. The van der Waals surface area contributed by atoms with E-state index in [4.69, 9.17) is 4.74 Å². The Morgan fingerprint density at radius 3 is 2.77 bits per heavy atom. The number of hydrogen-bond donors (Lipinski definition) is 1. The molecule has 0 fully saturated rings. The van der Waals surface area contributed by atoms with Gasteiger partial charge in [0.15, 0.2) is 5.78 Å². The van der Waals surface area contributed by atoms with Crippen LogP contribution < -0.4 is 5.32 Å². The number of carbonyl (C=O) groups excluding carboxylic acids is 1. The highest BCUT2D eigenvalue weighted by molar-refractivity contribution is 6.01. The van der Waals surface area contributed by atoms with Gasteiger partial charge in [0.25, 0.3) is 0 Å². The Kier molecular flexibility index (Phi) is 3.09. The minimum Gasteiger partial charge on any atom is -0.501 e. The summed E-state index contributed by atoms with van der Waals surface area (Å²) in [5, 5.41) is 2.99. The van der Waals surface area contributed by atoms with Crippen LogP contribution in [-0.2, 0) is 9.53 Å². The maximum atomic E-state index is 11.8. The number of likely N-dealkylation sites (N-methyl/N-ethyl adjacent to an activating group) is 1. The zero-order valence-corrected chi connectivity index (χ0v) is 8.52. The van der Waals surface area contributed by atoms with Gasteiger partial charge < -0.3 is 10.1 Å². The van der Waals surface area contributed by atoms with Crippen LogP contribution in [0, 0.1) is 0 Å². The first-order valence-electron chi connectivity index (χ1n) is 4.62. The molecule has 74 valence electrons. The molecule has 0 bridgehead atoms. The van der Waals surface area contributed by atoms with Crippen LogP contribution in [0.1, 0.15) is 26.7 Å². The molecule has 0 atom stereocenters. The molecule has 1 N–H and O–H groups in total. The molecule has 0 amide bonds. The predicted octanol–water partition coefficient (Wildman–Crippen LogP) is 1.25. The topological polar surface area (TPSA) is 38.3 Å². The summed E-state index contributed by atoms with van der Waals surface area (Å²) in [4.78, 5) is 11.8. The molecule has 0 unspecified atom stereocenters. The van der Waals surface area contributed by atoms with E-state index in [2.05, 4.69) is 5.32 Å². The summed E-state index contributed by atoms with van der Waals surface area (Å²) in [6.45, 7) is 4.49. The number of Topliss-reactive ketones (excluding diaryl/α,β-unsaturated/α-hetero) is 1. The second-order valence-electron chi connectivity index (χ2n) is 3.82. The zero-order valence-electron chi connectivity index (χ0n) is 8.52. The molecule has 3 nitrogen and oxygen atoms in total. The van der Waals surface area contributed by atoms with Crippen molar-refractivity contribution >= 4 is 5.78 Å². The molecule has 3 heteroatoms. The summed E-state index contributed by atoms with van der Waals surface area (Å²) >= 11 is 0. The van der Waals surface area contributed by atoms with Crippen molar-refractivity contribution in [1.82, 2.24) is 5.32 Å². The van der Waals surface area contributed by atoms with E-state index in [1.165, 1.54) is 0 Å². The van der Waals surface area contributed by atoms with Gasteiger partial charge in [0.05, 0.1) is 18.4 Å². The lowest BCUT2D eigenvalue weighted by atomic mass is 9.91. The molecule has 13 heavy (non-hydrogen) atoms. The minimum absolute atomic E-state index is 0.134. The first-order valence-corrected chi connectivity index (χ1v) is 4.62. The summed E-state index contributed by atoms with van der Waals surface area (Å²) < 4.78 is 5.13. The fourth-order valence-electron chi connectivity index (χ4n) is 1.25. The Bertz CT molecular complexity index is 231. The van der Waals surface area contributed by atoms with E-state index in [1.807, 2.05) is 13.8 Å². The highest BCUT2D eigenvalue weighted by Crippen LogP contribution is 2.18. The summed E-state index contributed by atoms with van der Waals surface area (Å²) in [5.74, 6) is 0.134. The molecule has 1 aliphatic heterocycles. The molecule has 1 aliphatic rings. The number of ketones is 1. The third-order valence-corrected chi connectivity index (χ3v) is 2.42. The van der Waals surface area contributed by atoms with E-state index in [0.29, 0.717) is 0 Å². The van der Waals surface area contributed by atoms with Gasteiger partial charge in [0.2, 0.25) is 0 Å². The monoisotopic (exact) mass is 183 g/mol. The average Bonchev–Trinajstić information content (AvgIpc) is 2.18. The first kappa shape index (κ1) is 10.3. The Morgan fingerprint density at radius 1 is 1.62 bits per heavy atom. The number of nitrogens with one attached hydrogen (secondary N) is 1. The molecular formula is C10H17NO2. The standard InChI is InChI=1S/C10H17NO2/c1-10(2,11-3)9(12)8-5-4-6-13-7-8/h7,11H,4-6H2,1-3H3. The van der Waals surface area contributed by atoms with Gasteiger partial charge in [-0.05, 0) is 33.7 Å². The van der Waals surface area contributed by atoms with Gasteiger partial charge in [0, 0.05) is 5.57 Å². The number of hydrogen-bond acceptors (Lipinski definition) is 3. The first-order chi connectivity index (χ1) is 6.08. The summed E-state index contributed by atoms with van der Waals surface area (Å²) in [6.07, 6.45) is 3.38. The molecule has 0 aliphatic carbocycles. The summed E-state index contributed by atoms with van der Waals surface area (Å²) in [5.41, 5.74) is 0.317. The van der Waals surface area contributed by atoms with Crippen LogP contribution in [0.2, 0.25) is 0 Å². The summed E-state index contributed by atoms with van der Waals surface area (Å²) in [6, 6.07) is 0. The molecule has 0 saturated heterocycles. The van der Waals surface area contributed by atoms with Crippen molar-refractivity contribution in [2.45, 2.75) is 32.2 Å². The van der Waals surface area contributed by atoms with Gasteiger partial charge in [-0.15, -0.1) is 0 Å². The minimum atomic E-state index is -0.480. The molecule has 0 aromatic carbocycles. The summed E-state index contributed by atoms with van der Waals surface area (Å²) in [7, 11) is 1.79. The fourth-order valence-corrected chi connectivity index (χ4v) is 1.25. The number of ether oxygens (including phenoxy) is 1. The SMILES string of the molecule is CNC(C)(C)C(=O)C1=COCCC1. The van der Waals surface area contributed by atoms with Crippen LogP contribution in [0.3, 0.4) is 0 Å². The van der Waals surface area contributed by atoms with Crippen molar-refractivity contribution in [3.63, 3.8) is 0 Å². The van der Waals surface area contributed by atoms with E-state index >= 15 is 0 Å². The van der Waals surface area contributed by atoms with Crippen LogP contribution >= 0.6 is 0 Å². The largest absolute Gasteiger partial charge is 0.501 e. The van der Waals surface area contributed by atoms with Crippen LogP contribution in [-0.4, -0.2) is 25.0 Å². The Labute approximate surface area is 79.2 Å². The van der Waals surface area contributed by atoms with Crippen LogP contribution in [0.5, 0.6) is 0 Å². The number of carbonyl (C=O) groups is 1. The molecule has 0 spiro atoms. The van der Waals surface area contributed by atoms with E-state index in [1.54, 1.807) is 13.3 Å². The smallest absolute Gasteiger partial charge is 0.181 e. The van der Waals surface area contributed by atoms with Crippen molar-refractivity contribution in [2.75, 3.05) is 13.7 Å². The average molecular weight is 183 g/mol. The molecule has 1 heterocycles. The highest BCUT2D eigenvalue weighted by Gasteiger charge is 2.28. The van der Waals surface area contributed by atoms with E-state index in [9.17, 15) is 4.79 Å². The van der Waals surface area contributed by atoms with Crippen LogP contribution in [0.25, 0.3) is 0 Å². The van der Waals surface area contributed by atoms with Crippen molar-refractivity contribution in [3.8, 4) is 0 Å². The predicted molar refractivity (Wildman–Crippen MR) is 51.4 cm³/mol. The molecule has 0 aromatic rings.